The first-order chi connectivity index (χ1) is 9.15. The molecule has 4 N–H and O–H groups in total. The van der Waals surface area contributed by atoms with Gasteiger partial charge in [-0.15, -0.1) is 0 Å². The highest BCUT2D eigenvalue weighted by Crippen LogP contribution is 2.18. The summed E-state index contributed by atoms with van der Waals surface area (Å²) in [6, 6.07) is 6.04. The summed E-state index contributed by atoms with van der Waals surface area (Å²) < 4.78 is 6.27. The first kappa shape index (κ1) is 15.9. The fourth-order valence-corrected chi connectivity index (χ4v) is 2.18. The van der Waals surface area contributed by atoms with Gasteiger partial charge < -0.3 is 10.1 Å². The quantitative estimate of drug-likeness (QED) is 0.246. The molecule has 19 heavy (non-hydrogen) atoms. The molecule has 0 aliphatic heterocycles. The van der Waals surface area contributed by atoms with E-state index in [1.54, 1.807) is 0 Å². The molecule has 1 aromatic rings. The van der Waals surface area contributed by atoms with Crippen LogP contribution in [0, 0.1) is 6.92 Å². The molecule has 0 radical (unpaired) electrons. The molecule has 0 atom stereocenters. The highest BCUT2D eigenvalue weighted by atomic mass is 79.9. The van der Waals surface area contributed by atoms with Gasteiger partial charge >= 0.3 is 0 Å². The third kappa shape index (κ3) is 6.56. The third-order valence-corrected chi connectivity index (χ3v) is 2.82. The van der Waals surface area contributed by atoms with Crippen LogP contribution in [0.3, 0.4) is 0 Å². The number of halogens is 1. The van der Waals surface area contributed by atoms with E-state index >= 15 is 0 Å². The zero-order valence-corrected chi connectivity index (χ0v) is 13.0. The zero-order valence-electron chi connectivity index (χ0n) is 11.4. The first-order valence-corrected chi connectivity index (χ1v) is 7.08. The molecule has 5 nitrogen and oxygen atoms in total. The van der Waals surface area contributed by atoms with Crippen molar-refractivity contribution in [2.75, 3.05) is 25.1 Å². The average Bonchev–Trinajstić information content (AvgIpc) is 2.36. The van der Waals surface area contributed by atoms with Gasteiger partial charge in [-0.25, -0.2) is 5.84 Å². The lowest BCUT2D eigenvalue weighted by Gasteiger charge is -2.10. The van der Waals surface area contributed by atoms with Crippen LogP contribution in [-0.2, 0) is 4.74 Å². The normalized spacial score (nSPS) is 11.5. The Labute approximate surface area is 122 Å². The van der Waals surface area contributed by atoms with E-state index in [4.69, 9.17) is 10.6 Å². The summed E-state index contributed by atoms with van der Waals surface area (Å²) in [4.78, 5) is 4.34. The molecule has 0 saturated carbocycles. The van der Waals surface area contributed by atoms with Crippen molar-refractivity contribution in [3.05, 3.63) is 28.2 Å². The number of hydrazine groups is 1. The number of benzene rings is 1. The summed E-state index contributed by atoms with van der Waals surface area (Å²) in [5.74, 6) is 6.00. The molecule has 0 aliphatic rings. The van der Waals surface area contributed by atoms with Crippen molar-refractivity contribution in [3.63, 3.8) is 0 Å². The van der Waals surface area contributed by atoms with E-state index in [1.807, 2.05) is 32.0 Å². The molecule has 0 bridgehead atoms. The van der Waals surface area contributed by atoms with E-state index in [-0.39, 0.29) is 0 Å². The van der Waals surface area contributed by atoms with Gasteiger partial charge in [0.25, 0.3) is 0 Å². The molecule has 0 aromatic heterocycles. The summed E-state index contributed by atoms with van der Waals surface area (Å²) in [5.41, 5.74) is 4.66. The van der Waals surface area contributed by atoms with Gasteiger partial charge in [-0.3, -0.25) is 10.4 Å². The number of rotatable bonds is 6. The summed E-state index contributed by atoms with van der Waals surface area (Å²) in [7, 11) is 0. The van der Waals surface area contributed by atoms with Crippen molar-refractivity contribution < 1.29 is 4.74 Å². The Hall–Kier alpha value is -1.11. The largest absolute Gasteiger partial charge is 0.382 e. The Balaban J connectivity index is 2.53. The van der Waals surface area contributed by atoms with Crippen molar-refractivity contribution in [2.24, 2.45) is 10.8 Å². The fourth-order valence-electron chi connectivity index (χ4n) is 1.57. The van der Waals surface area contributed by atoms with Gasteiger partial charge in [0.15, 0.2) is 0 Å². The molecule has 0 unspecified atom stereocenters. The Kier molecular flexibility index (Phi) is 7.47. The van der Waals surface area contributed by atoms with Crippen LogP contribution in [0.1, 0.15) is 18.9 Å². The van der Waals surface area contributed by atoms with Crippen LogP contribution in [0.25, 0.3) is 0 Å². The molecule has 0 spiro atoms. The summed E-state index contributed by atoms with van der Waals surface area (Å²) >= 11 is 3.46. The second-order valence-electron chi connectivity index (χ2n) is 4.07. The minimum Gasteiger partial charge on any atom is -0.382 e. The molecule has 106 valence electrons. The fraction of sp³-hybridized carbons (Fsp3) is 0.462. The van der Waals surface area contributed by atoms with Crippen molar-refractivity contribution >= 4 is 27.6 Å². The maximum absolute atomic E-state index is 5.45. The van der Waals surface area contributed by atoms with Crippen LogP contribution in [0.2, 0.25) is 0 Å². The van der Waals surface area contributed by atoms with Gasteiger partial charge in [-0.05, 0) is 44.0 Å². The van der Waals surface area contributed by atoms with Gasteiger partial charge in [-0.1, -0.05) is 15.9 Å². The van der Waals surface area contributed by atoms with Crippen molar-refractivity contribution in [3.8, 4) is 0 Å². The number of nitrogens with two attached hydrogens (primary N) is 1. The average molecular weight is 329 g/mol. The van der Waals surface area contributed by atoms with E-state index in [1.165, 1.54) is 0 Å². The van der Waals surface area contributed by atoms with Gasteiger partial charge in [0.2, 0.25) is 5.96 Å². The lowest BCUT2D eigenvalue weighted by molar-refractivity contribution is 0.146. The van der Waals surface area contributed by atoms with E-state index in [2.05, 4.69) is 31.7 Å². The summed E-state index contributed by atoms with van der Waals surface area (Å²) in [6.07, 6.45) is 0.873. The molecule has 6 heteroatoms. The van der Waals surface area contributed by atoms with Crippen LogP contribution < -0.4 is 16.6 Å². The van der Waals surface area contributed by atoms with Gasteiger partial charge in [0, 0.05) is 29.9 Å². The van der Waals surface area contributed by atoms with Crippen LogP contribution in [-0.4, -0.2) is 25.7 Å². The Morgan fingerprint density at radius 1 is 1.42 bits per heavy atom. The molecule has 1 rings (SSSR count). The molecular formula is C13H21BrN4O. The highest BCUT2D eigenvalue weighted by molar-refractivity contribution is 9.10. The Bertz CT molecular complexity index is 403. The SMILES string of the molecule is CCOCCCN=C(NN)Nc1cc(C)cc(Br)c1. The smallest absolute Gasteiger partial charge is 0.210 e. The Morgan fingerprint density at radius 3 is 2.84 bits per heavy atom. The predicted octanol–water partition coefficient (Wildman–Crippen LogP) is 2.42. The van der Waals surface area contributed by atoms with Crippen LogP contribution >= 0.6 is 15.9 Å². The van der Waals surface area contributed by atoms with Crippen molar-refractivity contribution in [2.45, 2.75) is 20.3 Å². The third-order valence-electron chi connectivity index (χ3n) is 2.36. The van der Waals surface area contributed by atoms with E-state index in [0.29, 0.717) is 19.1 Å². The topological polar surface area (TPSA) is 71.7 Å². The molecule has 0 aliphatic carbocycles. The standard InChI is InChI=1S/C13H21BrN4O/c1-3-19-6-4-5-16-13(18-15)17-12-8-10(2)7-11(14)9-12/h7-9H,3-6,15H2,1-2H3,(H2,16,17,18). The van der Waals surface area contributed by atoms with Crippen LogP contribution in [0.15, 0.2) is 27.7 Å². The first-order valence-electron chi connectivity index (χ1n) is 6.28. The molecule has 0 fully saturated rings. The number of anilines is 1. The number of hydrogen-bond acceptors (Lipinski definition) is 3. The number of hydrogen-bond donors (Lipinski definition) is 3. The van der Waals surface area contributed by atoms with Gasteiger partial charge in [0.1, 0.15) is 0 Å². The molecule has 0 saturated heterocycles. The van der Waals surface area contributed by atoms with Gasteiger partial charge in [0.05, 0.1) is 0 Å². The second kappa shape index (κ2) is 8.90. The van der Waals surface area contributed by atoms with E-state index in [9.17, 15) is 0 Å². The molecule has 0 heterocycles. The maximum Gasteiger partial charge on any atom is 0.210 e. The predicted molar refractivity (Wildman–Crippen MR) is 83.2 cm³/mol. The van der Waals surface area contributed by atoms with Crippen molar-refractivity contribution in [1.29, 1.82) is 0 Å². The molecular weight excluding hydrogens is 308 g/mol. The number of nitrogens with zero attached hydrogens (tertiary/aromatic N) is 1. The number of aliphatic imine (C=N–C) groups is 1. The lowest BCUT2D eigenvalue weighted by Crippen LogP contribution is -2.36. The van der Waals surface area contributed by atoms with Crippen LogP contribution in [0.5, 0.6) is 0 Å². The van der Waals surface area contributed by atoms with Crippen LogP contribution in [0.4, 0.5) is 5.69 Å². The van der Waals surface area contributed by atoms with Crippen molar-refractivity contribution in [1.82, 2.24) is 5.43 Å². The molecule has 1 aromatic carbocycles. The number of ether oxygens (including phenoxy) is 1. The summed E-state index contributed by atoms with van der Waals surface area (Å²) in [5, 5.41) is 3.14. The van der Waals surface area contributed by atoms with E-state index < -0.39 is 0 Å². The second-order valence-corrected chi connectivity index (χ2v) is 4.98. The highest BCUT2D eigenvalue weighted by Gasteiger charge is 2.00. The lowest BCUT2D eigenvalue weighted by atomic mass is 10.2. The number of nitrogens with one attached hydrogen (secondary N) is 2. The minimum absolute atomic E-state index is 0.550. The van der Waals surface area contributed by atoms with Gasteiger partial charge in [-0.2, -0.15) is 0 Å². The molecule has 0 amide bonds. The maximum atomic E-state index is 5.45. The minimum atomic E-state index is 0.550. The zero-order chi connectivity index (χ0) is 14.1. The number of aryl methyl sites for hydroxylation is 1. The van der Waals surface area contributed by atoms with E-state index in [0.717, 1.165) is 28.8 Å². The summed E-state index contributed by atoms with van der Waals surface area (Å²) in [6.45, 7) is 6.13. The number of guanidine groups is 1. The Morgan fingerprint density at radius 2 is 2.21 bits per heavy atom. The monoisotopic (exact) mass is 328 g/mol.